The number of halogens is 1. The molecule has 0 aliphatic heterocycles. The van der Waals surface area contributed by atoms with Gasteiger partial charge in [0.2, 0.25) is 0 Å². The average Bonchev–Trinajstić information content (AvgIpc) is 2.17. The number of amides is 2. The predicted octanol–water partition coefficient (Wildman–Crippen LogP) is 2.63. The zero-order valence-electron chi connectivity index (χ0n) is 8.88. The van der Waals surface area contributed by atoms with Crippen LogP contribution in [-0.4, -0.2) is 6.03 Å². The molecule has 4 heteroatoms. The van der Waals surface area contributed by atoms with Crippen LogP contribution < -0.4 is 11.1 Å². The van der Waals surface area contributed by atoms with Gasteiger partial charge in [0.15, 0.2) is 0 Å². The van der Waals surface area contributed by atoms with Crippen LogP contribution in [0.1, 0.15) is 25.8 Å². The van der Waals surface area contributed by atoms with Crippen molar-refractivity contribution in [2.75, 3.05) is 0 Å². The summed E-state index contributed by atoms with van der Waals surface area (Å²) in [6.07, 6.45) is 0.761. The fourth-order valence-corrected chi connectivity index (χ4v) is 1.58. The van der Waals surface area contributed by atoms with Gasteiger partial charge in [-0.05, 0) is 31.0 Å². The van der Waals surface area contributed by atoms with Crippen LogP contribution in [0.3, 0.4) is 0 Å². The third-order valence-corrected chi connectivity index (χ3v) is 2.84. The van der Waals surface area contributed by atoms with E-state index in [1.54, 1.807) is 12.1 Å². The largest absolute Gasteiger partial charge is 0.352 e. The first-order valence-corrected chi connectivity index (χ1v) is 5.19. The van der Waals surface area contributed by atoms with Crippen molar-refractivity contribution in [2.24, 2.45) is 5.73 Å². The highest BCUT2D eigenvalue weighted by atomic mass is 35.5. The number of hydrogen-bond acceptors (Lipinski definition) is 1. The van der Waals surface area contributed by atoms with Crippen molar-refractivity contribution in [1.82, 2.24) is 5.32 Å². The van der Waals surface area contributed by atoms with E-state index in [1.165, 1.54) is 0 Å². The number of primary amides is 1. The fraction of sp³-hybridized carbons (Fsp3) is 0.364. The topological polar surface area (TPSA) is 55.1 Å². The molecule has 0 saturated heterocycles. The quantitative estimate of drug-likeness (QED) is 0.818. The highest BCUT2D eigenvalue weighted by Gasteiger charge is 2.25. The molecule has 0 aromatic heterocycles. The second-order valence-electron chi connectivity index (χ2n) is 3.68. The van der Waals surface area contributed by atoms with E-state index in [0.717, 1.165) is 12.0 Å². The second kappa shape index (κ2) is 4.53. The molecule has 15 heavy (non-hydrogen) atoms. The van der Waals surface area contributed by atoms with Gasteiger partial charge in [-0.3, -0.25) is 0 Å². The highest BCUT2D eigenvalue weighted by molar-refractivity contribution is 6.30. The van der Waals surface area contributed by atoms with E-state index in [-0.39, 0.29) is 0 Å². The third-order valence-electron chi connectivity index (χ3n) is 2.59. The molecule has 0 aliphatic rings. The van der Waals surface area contributed by atoms with Crippen LogP contribution in [0.25, 0.3) is 0 Å². The van der Waals surface area contributed by atoms with E-state index >= 15 is 0 Å². The smallest absolute Gasteiger partial charge is 0.312 e. The van der Waals surface area contributed by atoms with Gasteiger partial charge in [-0.2, -0.15) is 0 Å². The molecule has 3 nitrogen and oxygen atoms in total. The molecule has 3 N–H and O–H groups in total. The van der Waals surface area contributed by atoms with Crippen LogP contribution in [0.4, 0.5) is 4.79 Å². The van der Waals surface area contributed by atoms with Crippen LogP contribution in [0.2, 0.25) is 5.02 Å². The Balaban J connectivity index is 3.00. The Morgan fingerprint density at radius 3 is 2.40 bits per heavy atom. The standard InChI is InChI=1S/C11H15ClN2O/c1-3-11(2,14-10(13)15)8-4-6-9(12)7-5-8/h4-7H,3H2,1-2H3,(H3,13,14,15). The first-order chi connectivity index (χ1) is 6.98. The summed E-state index contributed by atoms with van der Waals surface area (Å²) in [6.45, 7) is 3.92. The average molecular weight is 227 g/mol. The minimum absolute atomic E-state index is 0.434. The monoisotopic (exact) mass is 226 g/mol. The number of nitrogens with two attached hydrogens (primary N) is 1. The summed E-state index contributed by atoms with van der Waals surface area (Å²) >= 11 is 5.80. The Kier molecular flexibility index (Phi) is 3.58. The number of hydrogen-bond donors (Lipinski definition) is 2. The Morgan fingerprint density at radius 2 is 2.00 bits per heavy atom. The van der Waals surface area contributed by atoms with Crippen molar-refractivity contribution in [2.45, 2.75) is 25.8 Å². The Bertz CT molecular complexity index is 350. The van der Waals surface area contributed by atoms with Gasteiger partial charge in [0.1, 0.15) is 0 Å². The van der Waals surface area contributed by atoms with Crippen molar-refractivity contribution in [3.05, 3.63) is 34.9 Å². The van der Waals surface area contributed by atoms with E-state index in [9.17, 15) is 4.79 Å². The second-order valence-corrected chi connectivity index (χ2v) is 4.12. The maximum absolute atomic E-state index is 10.9. The first-order valence-electron chi connectivity index (χ1n) is 4.81. The number of carbonyl (C=O) groups excluding carboxylic acids is 1. The molecule has 0 fully saturated rings. The summed E-state index contributed by atoms with van der Waals surface area (Å²) in [5.41, 5.74) is 5.70. The maximum Gasteiger partial charge on any atom is 0.312 e. The summed E-state index contributed by atoms with van der Waals surface area (Å²) in [5.74, 6) is 0. The van der Waals surface area contributed by atoms with Gasteiger partial charge < -0.3 is 11.1 Å². The predicted molar refractivity (Wildman–Crippen MR) is 61.8 cm³/mol. The lowest BCUT2D eigenvalue weighted by atomic mass is 9.89. The zero-order chi connectivity index (χ0) is 11.5. The maximum atomic E-state index is 10.9. The number of carbonyl (C=O) groups is 1. The number of rotatable bonds is 3. The molecule has 1 aromatic carbocycles. The summed E-state index contributed by atoms with van der Waals surface area (Å²) in [4.78, 5) is 10.9. The summed E-state index contributed by atoms with van der Waals surface area (Å²) < 4.78 is 0. The highest BCUT2D eigenvalue weighted by Crippen LogP contribution is 2.25. The molecule has 1 aromatic rings. The van der Waals surface area contributed by atoms with Gasteiger partial charge in [0.25, 0.3) is 0 Å². The van der Waals surface area contributed by atoms with Gasteiger partial charge in [0.05, 0.1) is 5.54 Å². The number of urea groups is 1. The van der Waals surface area contributed by atoms with Gasteiger partial charge in [-0.25, -0.2) is 4.79 Å². The molecule has 82 valence electrons. The molecule has 2 amide bonds. The molecule has 0 spiro atoms. The van der Waals surface area contributed by atoms with Crippen molar-refractivity contribution in [3.63, 3.8) is 0 Å². The van der Waals surface area contributed by atoms with E-state index < -0.39 is 11.6 Å². The van der Waals surface area contributed by atoms with Crippen LogP contribution in [-0.2, 0) is 5.54 Å². The van der Waals surface area contributed by atoms with Crippen molar-refractivity contribution >= 4 is 17.6 Å². The molecule has 0 radical (unpaired) electrons. The molecule has 1 atom stereocenters. The van der Waals surface area contributed by atoms with Crippen LogP contribution in [0, 0.1) is 0 Å². The Hall–Kier alpha value is -1.22. The van der Waals surface area contributed by atoms with E-state index in [1.807, 2.05) is 26.0 Å². The van der Waals surface area contributed by atoms with Crippen LogP contribution in [0.15, 0.2) is 24.3 Å². The van der Waals surface area contributed by atoms with E-state index in [4.69, 9.17) is 17.3 Å². The molecule has 0 heterocycles. The van der Waals surface area contributed by atoms with Gasteiger partial charge >= 0.3 is 6.03 Å². The molecule has 1 rings (SSSR count). The molecule has 0 saturated carbocycles. The van der Waals surface area contributed by atoms with Crippen molar-refractivity contribution in [1.29, 1.82) is 0 Å². The number of nitrogens with one attached hydrogen (secondary N) is 1. The van der Waals surface area contributed by atoms with Crippen molar-refractivity contribution < 1.29 is 4.79 Å². The fourth-order valence-electron chi connectivity index (χ4n) is 1.45. The minimum Gasteiger partial charge on any atom is -0.352 e. The third kappa shape index (κ3) is 2.86. The van der Waals surface area contributed by atoms with Crippen molar-refractivity contribution in [3.8, 4) is 0 Å². The lowest BCUT2D eigenvalue weighted by Crippen LogP contribution is -2.45. The van der Waals surface area contributed by atoms with Gasteiger partial charge in [-0.15, -0.1) is 0 Å². The van der Waals surface area contributed by atoms with Gasteiger partial charge in [0, 0.05) is 5.02 Å². The summed E-state index contributed by atoms with van der Waals surface area (Å²) in [7, 11) is 0. The lowest BCUT2D eigenvalue weighted by Gasteiger charge is -2.29. The zero-order valence-corrected chi connectivity index (χ0v) is 9.64. The first kappa shape index (κ1) is 11.9. The molecular weight excluding hydrogens is 212 g/mol. The van der Waals surface area contributed by atoms with E-state index in [2.05, 4.69) is 5.32 Å². The Labute approximate surface area is 94.6 Å². The minimum atomic E-state index is -0.519. The lowest BCUT2D eigenvalue weighted by molar-refractivity contribution is 0.234. The van der Waals surface area contributed by atoms with Crippen LogP contribution in [0.5, 0.6) is 0 Å². The Morgan fingerprint density at radius 1 is 1.47 bits per heavy atom. The molecule has 0 aliphatic carbocycles. The summed E-state index contributed by atoms with van der Waals surface area (Å²) in [6, 6.07) is 6.86. The summed E-state index contributed by atoms with van der Waals surface area (Å²) in [5, 5.41) is 3.41. The SMILES string of the molecule is CCC(C)(NC(N)=O)c1ccc(Cl)cc1. The molecular formula is C11H15ClN2O. The van der Waals surface area contributed by atoms with Gasteiger partial charge in [-0.1, -0.05) is 30.7 Å². The molecule has 1 unspecified atom stereocenters. The number of benzene rings is 1. The van der Waals surface area contributed by atoms with E-state index in [0.29, 0.717) is 5.02 Å². The molecule has 0 bridgehead atoms. The van der Waals surface area contributed by atoms with Crippen LogP contribution >= 0.6 is 11.6 Å². The normalized spacial score (nSPS) is 14.3.